The molecule has 8 nitrogen and oxygen atoms in total. The summed E-state index contributed by atoms with van der Waals surface area (Å²) in [5.74, 6) is 2.01. The Hall–Kier alpha value is -4.43. The van der Waals surface area contributed by atoms with Crippen molar-refractivity contribution >= 4 is 33.7 Å². The van der Waals surface area contributed by atoms with Gasteiger partial charge in [-0.1, -0.05) is 60.7 Å². The third-order valence-corrected chi connectivity index (χ3v) is 5.68. The molecule has 0 atom stereocenters. The summed E-state index contributed by atoms with van der Waals surface area (Å²) in [5.41, 5.74) is 8.24. The highest BCUT2D eigenvalue weighted by atomic mass is 16.5. The van der Waals surface area contributed by atoms with Crippen LogP contribution in [0.2, 0.25) is 0 Å². The van der Waals surface area contributed by atoms with Crippen LogP contribution in [0, 0.1) is 0 Å². The zero-order valence-electron chi connectivity index (χ0n) is 18.9. The van der Waals surface area contributed by atoms with E-state index in [1.54, 1.807) is 25.1 Å². The maximum absolute atomic E-state index is 5.57. The molecule has 0 aliphatic rings. The lowest BCUT2D eigenvalue weighted by Gasteiger charge is -2.13. The van der Waals surface area contributed by atoms with Gasteiger partial charge in [0.1, 0.15) is 17.8 Å². The van der Waals surface area contributed by atoms with Crippen LogP contribution in [0.5, 0.6) is 11.5 Å². The van der Waals surface area contributed by atoms with Crippen LogP contribution in [0.25, 0.3) is 21.5 Å². The maximum Gasteiger partial charge on any atom is 0.259 e. The van der Waals surface area contributed by atoms with Crippen molar-refractivity contribution in [2.24, 2.45) is 5.10 Å². The van der Waals surface area contributed by atoms with Crippen LogP contribution in [-0.2, 0) is 6.54 Å². The van der Waals surface area contributed by atoms with Gasteiger partial charge in [-0.25, -0.2) is 5.43 Å². The fraction of sp³-hybridized carbons (Fsp3) is 0.115. The van der Waals surface area contributed by atoms with Crippen LogP contribution in [0.3, 0.4) is 0 Å². The molecule has 5 aromatic rings. The Morgan fingerprint density at radius 1 is 0.853 bits per heavy atom. The highest BCUT2D eigenvalue weighted by Gasteiger charge is 2.10. The molecule has 0 bridgehead atoms. The molecule has 2 N–H and O–H groups in total. The van der Waals surface area contributed by atoms with Gasteiger partial charge in [-0.3, -0.25) is 5.43 Å². The average Bonchev–Trinajstić information content (AvgIpc) is 3.34. The van der Waals surface area contributed by atoms with Gasteiger partial charge in [-0.15, -0.1) is 10.2 Å². The van der Waals surface area contributed by atoms with Gasteiger partial charge < -0.3 is 9.47 Å². The van der Waals surface area contributed by atoms with E-state index in [1.165, 1.54) is 6.33 Å². The number of hydrazine groups is 1. The molecule has 1 aromatic heterocycles. The van der Waals surface area contributed by atoms with Gasteiger partial charge in [0.25, 0.3) is 5.95 Å². The third kappa shape index (κ3) is 4.14. The molecule has 0 unspecified atom stereocenters. The van der Waals surface area contributed by atoms with Gasteiger partial charge in [0.15, 0.2) is 0 Å². The van der Waals surface area contributed by atoms with Gasteiger partial charge >= 0.3 is 0 Å². The third-order valence-electron chi connectivity index (χ3n) is 5.68. The number of hydrogen-bond acceptors (Lipinski definition) is 7. The van der Waals surface area contributed by atoms with Crippen molar-refractivity contribution in [2.75, 3.05) is 19.6 Å². The molecule has 0 saturated carbocycles. The van der Waals surface area contributed by atoms with Crippen LogP contribution >= 0.6 is 0 Å². The van der Waals surface area contributed by atoms with Crippen LogP contribution in [0.4, 0.5) is 5.95 Å². The lowest BCUT2D eigenvalue weighted by Crippen LogP contribution is -2.23. The minimum absolute atomic E-state index is 0.453. The van der Waals surface area contributed by atoms with Crippen molar-refractivity contribution in [3.8, 4) is 11.5 Å². The molecule has 4 aromatic carbocycles. The fourth-order valence-electron chi connectivity index (χ4n) is 4.00. The SMILES string of the molecule is COc1ccc2ccccc2c1C=Nn1cnnc1NNCc1c(OC)ccc2ccccc12. The van der Waals surface area contributed by atoms with Gasteiger partial charge in [-0.2, -0.15) is 9.78 Å². The summed E-state index contributed by atoms with van der Waals surface area (Å²) >= 11 is 0. The number of benzene rings is 4. The van der Waals surface area contributed by atoms with Crippen LogP contribution < -0.4 is 20.3 Å². The van der Waals surface area contributed by atoms with E-state index in [0.29, 0.717) is 12.5 Å². The Morgan fingerprint density at radius 2 is 1.53 bits per heavy atom. The fourth-order valence-corrected chi connectivity index (χ4v) is 4.00. The quantitative estimate of drug-likeness (QED) is 0.264. The van der Waals surface area contributed by atoms with E-state index in [0.717, 1.165) is 44.2 Å². The second kappa shape index (κ2) is 9.60. The standard InChI is InChI=1S/C26H24N6O2/c1-33-24-13-11-18-7-3-5-9-20(18)22(24)15-27-30-26-31-28-17-32(26)29-16-23-21-10-6-4-8-19(21)12-14-25(23)34-2/h3-14,16-17,27H,15H2,1-2H3,(H,30,31). The maximum atomic E-state index is 5.57. The first-order valence-corrected chi connectivity index (χ1v) is 10.8. The summed E-state index contributed by atoms with van der Waals surface area (Å²) in [6.45, 7) is 0.512. The molecule has 0 fully saturated rings. The van der Waals surface area contributed by atoms with E-state index in [4.69, 9.17) is 9.47 Å². The smallest absolute Gasteiger partial charge is 0.259 e. The molecule has 8 heteroatoms. The van der Waals surface area contributed by atoms with Crippen LogP contribution in [0.1, 0.15) is 11.1 Å². The number of hydrogen-bond donors (Lipinski definition) is 2. The van der Waals surface area contributed by atoms with Crippen molar-refractivity contribution < 1.29 is 9.47 Å². The summed E-state index contributed by atoms with van der Waals surface area (Å²) < 4.78 is 12.7. The molecule has 170 valence electrons. The van der Waals surface area contributed by atoms with Crippen molar-refractivity contribution in [3.05, 3.63) is 90.3 Å². The number of nitrogens with one attached hydrogen (secondary N) is 2. The molecule has 0 aliphatic heterocycles. The Morgan fingerprint density at radius 3 is 2.29 bits per heavy atom. The molecule has 0 amide bonds. The minimum atomic E-state index is 0.453. The van der Waals surface area contributed by atoms with Gasteiger partial charge in [-0.05, 0) is 33.7 Å². The predicted molar refractivity (Wildman–Crippen MR) is 134 cm³/mol. The first kappa shape index (κ1) is 21.4. The lowest BCUT2D eigenvalue weighted by atomic mass is 10.0. The molecule has 34 heavy (non-hydrogen) atoms. The Labute approximate surface area is 196 Å². The summed E-state index contributed by atoms with van der Waals surface area (Å²) in [5, 5.41) is 17.1. The van der Waals surface area contributed by atoms with Crippen molar-refractivity contribution in [3.63, 3.8) is 0 Å². The lowest BCUT2D eigenvalue weighted by molar-refractivity contribution is 0.409. The molecule has 0 aliphatic carbocycles. The molecular weight excluding hydrogens is 428 g/mol. The van der Waals surface area contributed by atoms with Gasteiger partial charge in [0.2, 0.25) is 0 Å². The largest absolute Gasteiger partial charge is 0.496 e. The van der Waals surface area contributed by atoms with E-state index in [9.17, 15) is 0 Å². The van der Waals surface area contributed by atoms with Crippen LogP contribution in [0.15, 0.2) is 84.2 Å². The van der Waals surface area contributed by atoms with E-state index in [-0.39, 0.29) is 0 Å². The summed E-state index contributed by atoms with van der Waals surface area (Å²) in [4.78, 5) is 0. The summed E-state index contributed by atoms with van der Waals surface area (Å²) in [6, 6.07) is 24.3. The van der Waals surface area contributed by atoms with E-state index < -0.39 is 0 Å². The molecule has 0 spiro atoms. The average molecular weight is 453 g/mol. The van der Waals surface area contributed by atoms with Crippen molar-refractivity contribution in [2.45, 2.75) is 6.54 Å². The molecule has 0 saturated heterocycles. The van der Waals surface area contributed by atoms with Crippen molar-refractivity contribution in [1.82, 2.24) is 20.3 Å². The highest BCUT2D eigenvalue weighted by Crippen LogP contribution is 2.28. The molecule has 1 heterocycles. The van der Waals surface area contributed by atoms with Gasteiger partial charge in [0, 0.05) is 17.7 Å². The first-order valence-electron chi connectivity index (χ1n) is 10.8. The monoisotopic (exact) mass is 452 g/mol. The van der Waals surface area contributed by atoms with Crippen LogP contribution in [-0.4, -0.2) is 35.3 Å². The minimum Gasteiger partial charge on any atom is -0.496 e. The predicted octanol–water partition coefficient (Wildman–Crippen LogP) is 4.60. The second-order valence-electron chi connectivity index (χ2n) is 7.59. The number of ether oxygens (including phenoxy) is 2. The number of nitrogens with zero attached hydrogens (tertiary/aromatic N) is 4. The normalized spacial score (nSPS) is 11.4. The highest BCUT2D eigenvalue weighted by molar-refractivity contribution is 6.02. The topological polar surface area (TPSA) is 85.6 Å². The zero-order valence-corrected chi connectivity index (χ0v) is 18.9. The number of fused-ring (bicyclic) bond motifs is 2. The Balaban J connectivity index is 1.37. The first-order chi connectivity index (χ1) is 16.8. The molecule has 0 radical (unpaired) electrons. The number of methoxy groups -OCH3 is 2. The Bertz CT molecular complexity index is 1480. The van der Waals surface area contributed by atoms with E-state index in [1.807, 2.05) is 48.5 Å². The summed E-state index contributed by atoms with van der Waals surface area (Å²) in [7, 11) is 3.33. The van der Waals surface area contributed by atoms with E-state index >= 15 is 0 Å². The number of rotatable bonds is 8. The van der Waals surface area contributed by atoms with Crippen molar-refractivity contribution in [1.29, 1.82) is 0 Å². The Kier molecular flexibility index (Phi) is 6.05. The summed E-state index contributed by atoms with van der Waals surface area (Å²) in [6.07, 6.45) is 3.29. The number of anilines is 1. The molecule has 5 rings (SSSR count). The van der Waals surface area contributed by atoms with E-state index in [2.05, 4.69) is 50.4 Å². The zero-order chi connectivity index (χ0) is 23.3. The van der Waals surface area contributed by atoms with Gasteiger partial charge in [0.05, 0.1) is 20.4 Å². The second-order valence-corrected chi connectivity index (χ2v) is 7.59. The number of aromatic nitrogens is 3. The molecular formula is C26H24N6O2.